The highest BCUT2D eigenvalue weighted by atomic mass is 32.1. The molecule has 0 aliphatic heterocycles. The lowest BCUT2D eigenvalue weighted by molar-refractivity contribution is -0.143. The monoisotopic (exact) mass is 437 g/mol. The third-order valence-electron chi connectivity index (χ3n) is 4.92. The number of thiophene rings is 1. The lowest BCUT2D eigenvalue weighted by Crippen LogP contribution is -2.34. The lowest BCUT2D eigenvalue weighted by atomic mass is 10.1. The summed E-state index contributed by atoms with van der Waals surface area (Å²) in [5.41, 5.74) is 2.34. The zero-order valence-electron chi connectivity index (χ0n) is 17.0. The fourth-order valence-electron chi connectivity index (χ4n) is 3.34. The number of aromatic nitrogens is 2. The molecule has 0 spiro atoms. The Hall–Kier alpha value is -3.52. The molecule has 4 aromatic rings. The van der Waals surface area contributed by atoms with Gasteiger partial charge in [-0.05, 0) is 36.2 Å². The minimum Gasteiger partial charge on any atom is -0.467 e. The topological polar surface area (TPSA) is 73.2 Å². The SMILES string of the molecule is COC(=O)C(NC(=O)c1cc2c(C)nn(Cc3ccc(F)cc3)c2s1)c1ccccc1. The van der Waals surface area contributed by atoms with E-state index in [0.717, 1.165) is 21.5 Å². The summed E-state index contributed by atoms with van der Waals surface area (Å²) in [5.74, 6) is -1.20. The number of hydrogen-bond donors (Lipinski definition) is 1. The van der Waals surface area contributed by atoms with Gasteiger partial charge in [-0.3, -0.25) is 9.48 Å². The van der Waals surface area contributed by atoms with Crippen LogP contribution >= 0.6 is 11.3 Å². The number of amides is 1. The molecule has 1 N–H and O–H groups in total. The third-order valence-corrected chi connectivity index (χ3v) is 6.07. The van der Waals surface area contributed by atoms with E-state index in [9.17, 15) is 14.0 Å². The van der Waals surface area contributed by atoms with E-state index in [2.05, 4.69) is 10.4 Å². The van der Waals surface area contributed by atoms with Gasteiger partial charge in [-0.2, -0.15) is 5.10 Å². The second-order valence-corrected chi connectivity index (χ2v) is 8.07. The van der Waals surface area contributed by atoms with Crippen molar-refractivity contribution in [1.29, 1.82) is 0 Å². The molecule has 1 amide bonds. The minimum atomic E-state index is -0.902. The van der Waals surface area contributed by atoms with Crippen LogP contribution in [0, 0.1) is 12.7 Å². The summed E-state index contributed by atoms with van der Waals surface area (Å²) in [6.45, 7) is 2.33. The number of nitrogens with one attached hydrogen (secondary N) is 1. The molecule has 0 fully saturated rings. The summed E-state index contributed by atoms with van der Waals surface area (Å²) in [6, 6.07) is 16.1. The van der Waals surface area contributed by atoms with Crippen molar-refractivity contribution < 1.29 is 18.7 Å². The van der Waals surface area contributed by atoms with Gasteiger partial charge in [-0.25, -0.2) is 9.18 Å². The summed E-state index contributed by atoms with van der Waals surface area (Å²) in [7, 11) is 1.29. The lowest BCUT2D eigenvalue weighted by Gasteiger charge is -2.16. The molecule has 1 unspecified atom stereocenters. The van der Waals surface area contributed by atoms with Gasteiger partial charge in [-0.1, -0.05) is 42.5 Å². The number of ether oxygens (including phenoxy) is 1. The Morgan fingerprint density at radius 2 is 1.87 bits per heavy atom. The van der Waals surface area contributed by atoms with E-state index < -0.39 is 12.0 Å². The largest absolute Gasteiger partial charge is 0.467 e. The number of carbonyl (C=O) groups excluding carboxylic acids is 2. The molecule has 0 saturated carbocycles. The van der Waals surface area contributed by atoms with E-state index in [-0.39, 0.29) is 11.7 Å². The number of aryl methyl sites for hydroxylation is 1. The number of rotatable bonds is 6. The van der Waals surface area contributed by atoms with Crippen molar-refractivity contribution in [3.63, 3.8) is 0 Å². The van der Waals surface area contributed by atoms with Crippen LogP contribution in [0.15, 0.2) is 60.7 Å². The van der Waals surface area contributed by atoms with Crippen molar-refractivity contribution in [3.05, 3.63) is 88.2 Å². The first-order chi connectivity index (χ1) is 15.0. The molecule has 31 heavy (non-hydrogen) atoms. The summed E-state index contributed by atoms with van der Waals surface area (Å²) in [5, 5.41) is 8.18. The second-order valence-electron chi connectivity index (χ2n) is 7.04. The van der Waals surface area contributed by atoms with Crippen molar-refractivity contribution in [2.75, 3.05) is 7.11 Å². The van der Waals surface area contributed by atoms with Gasteiger partial charge in [-0.15, -0.1) is 11.3 Å². The van der Waals surface area contributed by atoms with Gasteiger partial charge in [0.2, 0.25) is 0 Å². The number of carbonyl (C=O) groups is 2. The average Bonchev–Trinajstić information content (AvgIpc) is 3.35. The molecule has 0 radical (unpaired) electrons. The van der Waals surface area contributed by atoms with Crippen LogP contribution in [0.5, 0.6) is 0 Å². The van der Waals surface area contributed by atoms with Gasteiger partial charge < -0.3 is 10.1 Å². The number of benzene rings is 2. The van der Waals surface area contributed by atoms with E-state index >= 15 is 0 Å². The number of halogens is 1. The van der Waals surface area contributed by atoms with Gasteiger partial charge in [0.05, 0.1) is 24.2 Å². The standard InChI is InChI=1S/C23H20FN3O3S/c1-14-18-12-19(21(28)25-20(23(29)30-2)16-6-4-3-5-7-16)31-22(18)27(26-14)13-15-8-10-17(24)11-9-15/h3-12,20H,13H2,1-2H3,(H,25,28). The number of hydrogen-bond acceptors (Lipinski definition) is 5. The summed E-state index contributed by atoms with van der Waals surface area (Å²) >= 11 is 1.29. The molecule has 1 atom stereocenters. The van der Waals surface area contributed by atoms with Crippen LogP contribution in [-0.4, -0.2) is 28.8 Å². The maximum absolute atomic E-state index is 13.2. The van der Waals surface area contributed by atoms with Gasteiger partial charge in [0.25, 0.3) is 5.91 Å². The Labute approximate surface area is 182 Å². The van der Waals surface area contributed by atoms with E-state index in [0.29, 0.717) is 17.0 Å². The zero-order valence-corrected chi connectivity index (χ0v) is 17.8. The summed E-state index contributed by atoms with van der Waals surface area (Å²) in [6.07, 6.45) is 0. The Kier molecular flexibility index (Phi) is 5.81. The number of nitrogens with zero attached hydrogens (tertiary/aromatic N) is 2. The molecule has 2 aromatic heterocycles. The van der Waals surface area contributed by atoms with E-state index in [4.69, 9.17) is 4.74 Å². The first-order valence-corrected chi connectivity index (χ1v) is 10.4. The fraction of sp³-hybridized carbons (Fsp3) is 0.174. The Balaban J connectivity index is 1.61. The van der Waals surface area contributed by atoms with Gasteiger partial charge in [0, 0.05) is 5.39 Å². The van der Waals surface area contributed by atoms with E-state index in [1.54, 1.807) is 47.1 Å². The van der Waals surface area contributed by atoms with Crippen molar-refractivity contribution in [2.45, 2.75) is 19.5 Å². The maximum Gasteiger partial charge on any atom is 0.333 e. The highest BCUT2D eigenvalue weighted by Crippen LogP contribution is 2.29. The molecular weight excluding hydrogens is 417 g/mol. The highest BCUT2D eigenvalue weighted by molar-refractivity contribution is 7.20. The Bertz CT molecular complexity index is 1230. The van der Waals surface area contributed by atoms with Crippen LogP contribution < -0.4 is 5.32 Å². The van der Waals surface area contributed by atoms with Gasteiger partial charge in [0.1, 0.15) is 10.6 Å². The first-order valence-electron chi connectivity index (χ1n) is 9.61. The molecule has 0 aliphatic carbocycles. The van der Waals surface area contributed by atoms with Crippen molar-refractivity contribution in [3.8, 4) is 0 Å². The van der Waals surface area contributed by atoms with Crippen molar-refractivity contribution >= 4 is 33.4 Å². The molecule has 0 saturated heterocycles. The predicted octanol–water partition coefficient (Wildman–Crippen LogP) is 4.24. The molecule has 6 nitrogen and oxygen atoms in total. The average molecular weight is 437 g/mol. The van der Waals surface area contributed by atoms with E-state index in [1.165, 1.54) is 30.6 Å². The number of esters is 1. The number of methoxy groups -OCH3 is 1. The first kappa shape index (κ1) is 20.7. The molecule has 2 heterocycles. The third kappa shape index (κ3) is 4.34. The second kappa shape index (κ2) is 8.69. The van der Waals surface area contributed by atoms with Crippen molar-refractivity contribution in [2.24, 2.45) is 0 Å². The predicted molar refractivity (Wildman–Crippen MR) is 117 cm³/mol. The van der Waals surface area contributed by atoms with Crippen LogP contribution in [0.4, 0.5) is 4.39 Å². The maximum atomic E-state index is 13.2. The van der Waals surface area contributed by atoms with Crippen LogP contribution in [0.3, 0.4) is 0 Å². The summed E-state index contributed by atoms with van der Waals surface area (Å²) in [4.78, 5) is 26.5. The molecule has 0 aliphatic rings. The van der Waals surface area contributed by atoms with Crippen LogP contribution in [-0.2, 0) is 16.1 Å². The molecule has 8 heteroatoms. The zero-order chi connectivity index (χ0) is 22.0. The molecule has 2 aromatic carbocycles. The van der Waals surface area contributed by atoms with E-state index in [1.807, 2.05) is 13.0 Å². The molecule has 0 bridgehead atoms. The molecule has 4 rings (SSSR count). The van der Waals surface area contributed by atoms with Gasteiger partial charge in [0.15, 0.2) is 6.04 Å². The Morgan fingerprint density at radius 3 is 2.55 bits per heavy atom. The quantitative estimate of drug-likeness (QED) is 0.458. The van der Waals surface area contributed by atoms with Crippen molar-refractivity contribution in [1.82, 2.24) is 15.1 Å². The van der Waals surface area contributed by atoms with Crippen LogP contribution in [0.1, 0.15) is 32.5 Å². The van der Waals surface area contributed by atoms with Crippen LogP contribution in [0.25, 0.3) is 10.2 Å². The molecular formula is C23H20FN3O3S. The van der Waals surface area contributed by atoms with Crippen LogP contribution in [0.2, 0.25) is 0 Å². The number of fused-ring (bicyclic) bond motifs is 1. The van der Waals surface area contributed by atoms with Gasteiger partial charge >= 0.3 is 5.97 Å². The fourth-order valence-corrected chi connectivity index (χ4v) is 4.40. The highest BCUT2D eigenvalue weighted by Gasteiger charge is 2.25. The molecule has 158 valence electrons. The smallest absolute Gasteiger partial charge is 0.333 e. The summed E-state index contributed by atoms with van der Waals surface area (Å²) < 4.78 is 19.9. The normalized spacial score (nSPS) is 12.0. The minimum absolute atomic E-state index is 0.292. The Morgan fingerprint density at radius 1 is 1.16 bits per heavy atom.